The van der Waals surface area contributed by atoms with Crippen LogP contribution in [0.4, 0.5) is 10.1 Å². The molecule has 2 aromatic carbocycles. The number of carbonyl (C=O) groups is 1. The van der Waals surface area contributed by atoms with E-state index >= 15 is 0 Å². The van der Waals surface area contributed by atoms with Gasteiger partial charge in [0, 0.05) is 25.3 Å². The Hall–Kier alpha value is -3.94. The van der Waals surface area contributed by atoms with Crippen LogP contribution in [0.2, 0.25) is 0 Å². The maximum absolute atomic E-state index is 13.5. The normalized spacial score (nSPS) is 15.4. The Morgan fingerprint density at radius 1 is 0.933 bits per heavy atom. The van der Waals surface area contributed by atoms with Crippen LogP contribution in [0.5, 0.6) is 0 Å². The number of rotatable bonds is 2. The average molecular weight is 404 g/mol. The first-order chi connectivity index (χ1) is 14.4. The molecule has 0 fully saturated rings. The Morgan fingerprint density at radius 2 is 1.63 bits per heavy atom. The van der Waals surface area contributed by atoms with E-state index in [9.17, 15) is 18.8 Å². The lowest BCUT2D eigenvalue weighted by molar-refractivity contribution is -0.116. The summed E-state index contributed by atoms with van der Waals surface area (Å²) in [5.41, 5.74) is 2.32. The molecule has 150 valence electrons. The van der Waals surface area contributed by atoms with Crippen LogP contribution in [-0.2, 0) is 18.9 Å². The summed E-state index contributed by atoms with van der Waals surface area (Å²) in [4.78, 5) is 41.7. The van der Waals surface area contributed by atoms with Crippen LogP contribution in [-0.4, -0.2) is 20.0 Å². The summed E-state index contributed by atoms with van der Waals surface area (Å²) >= 11 is 0. The smallest absolute Gasteiger partial charge is 0.332 e. The van der Waals surface area contributed by atoms with Gasteiger partial charge in [0.15, 0.2) is 0 Å². The molecule has 3 heterocycles. The number of amides is 1. The molecule has 0 saturated carbocycles. The van der Waals surface area contributed by atoms with E-state index in [0.29, 0.717) is 28.2 Å². The first-order valence-electron chi connectivity index (χ1n) is 9.35. The summed E-state index contributed by atoms with van der Waals surface area (Å²) in [6.45, 7) is 0. The predicted octanol–water partition coefficient (Wildman–Crippen LogP) is 2.46. The molecule has 1 aliphatic heterocycles. The van der Waals surface area contributed by atoms with Crippen molar-refractivity contribution in [3.63, 3.8) is 0 Å². The van der Waals surface area contributed by atoms with Gasteiger partial charge in [-0.25, -0.2) is 9.18 Å². The van der Waals surface area contributed by atoms with E-state index in [4.69, 9.17) is 0 Å². The molecular formula is C22H17FN4O3. The van der Waals surface area contributed by atoms with E-state index < -0.39 is 23.0 Å². The number of hydrogen-bond donors (Lipinski definition) is 2. The molecule has 2 aromatic heterocycles. The van der Waals surface area contributed by atoms with Gasteiger partial charge in [0.25, 0.3) is 5.56 Å². The minimum absolute atomic E-state index is 0.260. The summed E-state index contributed by atoms with van der Waals surface area (Å²) in [5.74, 6) is -1.42. The number of hydrogen-bond acceptors (Lipinski definition) is 3. The van der Waals surface area contributed by atoms with E-state index in [1.54, 1.807) is 25.2 Å². The fourth-order valence-corrected chi connectivity index (χ4v) is 4.17. The Kier molecular flexibility index (Phi) is 3.79. The molecule has 7 nitrogen and oxygen atoms in total. The number of nitrogens with zero attached hydrogens (tertiary/aromatic N) is 2. The zero-order valence-electron chi connectivity index (χ0n) is 16.2. The van der Waals surface area contributed by atoms with Gasteiger partial charge in [-0.2, -0.15) is 0 Å². The molecule has 0 bridgehead atoms. The topological polar surface area (TPSA) is 88.9 Å². The highest BCUT2D eigenvalue weighted by Crippen LogP contribution is 2.43. The Bertz CT molecular complexity index is 1460. The Labute approximate surface area is 169 Å². The van der Waals surface area contributed by atoms with Crippen LogP contribution >= 0.6 is 0 Å². The van der Waals surface area contributed by atoms with Gasteiger partial charge in [0.05, 0.1) is 17.0 Å². The van der Waals surface area contributed by atoms with E-state index in [-0.39, 0.29) is 11.3 Å². The molecule has 8 heteroatoms. The van der Waals surface area contributed by atoms with Crippen LogP contribution in [0.3, 0.4) is 0 Å². The first-order valence-corrected chi connectivity index (χ1v) is 9.35. The minimum atomic E-state index is -0.750. The maximum atomic E-state index is 13.5. The highest BCUT2D eigenvalue weighted by atomic mass is 19.1. The van der Waals surface area contributed by atoms with Crippen LogP contribution in [0.1, 0.15) is 17.0 Å². The van der Waals surface area contributed by atoms with Crippen LogP contribution in [0, 0.1) is 5.82 Å². The van der Waals surface area contributed by atoms with Crippen molar-refractivity contribution >= 4 is 22.6 Å². The second-order valence-electron chi connectivity index (χ2n) is 7.36. The highest BCUT2D eigenvalue weighted by molar-refractivity contribution is 6.08. The average Bonchev–Trinajstić information content (AvgIpc) is 3.28. The molecule has 1 unspecified atom stereocenters. The standard InChI is InChI=1S/C22H17FN4O3/c1-26-19-17(21(29)27(2)22(26)30)16(18(25-19)11-7-9-12(23)10-8-11)15-13-5-3-4-6-14(13)24-20(15)28/h3-10,15,25H,1-2H3,(H,24,28). The lowest BCUT2D eigenvalue weighted by Crippen LogP contribution is -2.37. The second kappa shape index (κ2) is 6.28. The number of halogens is 1. The predicted molar refractivity (Wildman–Crippen MR) is 111 cm³/mol. The zero-order valence-corrected chi connectivity index (χ0v) is 16.2. The van der Waals surface area contributed by atoms with Crippen LogP contribution in [0.15, 0.2) is 58.1 Å². The fraction of sp³-hybridized carbons (Fsp3) is 0.136. The monoisotopic (exact) mass is 404 g/mol. The van der Waals surface area contributed by atoms with Crippen molar-refractivity contribution in [1.82, 2.24) is 14.1 Å². The van der Waals surface area contributed by atoms with Crippen molar-refractivity contribution in [2.24, 2.45) is 14.1 Å². The molecule has 0 spiro atoms. The number of nitrogens with one attached hydrogen (secondary N) is 2. The van der Waals surface area contributed by atoms with Gasteiger partial charge in [0.1, 0.15) is 11.5 Å². The van der Waals surface area contributed by atoms with Crippen molar-refractivity contribution in [3.8, 4) is 11.3 Å². The van der Waals surface area contributed by atoms with E-state index in [0.717, 1.165) is 10.1 Å². The third kappa shape index (κ3) is 2.40. The summed E-state index contributed by atoms with van der Waals surface area (Å²) in [6.07, 6.45) is 0. The number of H-pyrrole nitrogens is 1. The van der Waals surface area contributed by atoms with Gasteiger partial charge in [-0.1, -0.05) is 18.2 Å². The van der Waals surface area contributed by atoms with E-state index in [1.807, 2.05) is 18.2 Å². The lowest BCUT2D eigenvalue weighted by atomic mass is 9.89. The van der Waals surface area contributed by atoms with Crippen molar-refractivity contribution in [3.05, 3.63) is 86.3 Å². The molecule has 0 aliphatic carbocycles. The number of aromatic nitrogens is 3. The van der Waals surface area contributed by atoms with Gasteiger partial charge in [0.2, 0.25) is 5.91 Å². The maximum Gasteiger partial charge on any atom is 0.332 e. The number of para-hydroxylation sites is 1. The lowest BCUT2D eigenvalue weighted by Gasteiger charge is -2.12. The summed E-state index contributed by atoms with van der Waals surface area (Å²) in [5, 5.41) is 3.12. The molecule has 4 aromatic rings. The van der Waals surface area contributed by atoms with Gasteiger partial charge < -0.3 is 10.3 Å². The summed E-state index contributed by atoms with van der Waals surface area (Å²) in [7, 11) is 2.96. The van der Waals surface area contributed by atoms with Crippen LogP contribution < -0.4 is 16.6 Å². The number of benzene rings is 2. The molecule has 1 amide bonds. The van der Waals surface area contributed by atoms with Gasteiger partial charge in [-0.3, -0.25) is 18.7 Å². The number of fused-ring (bicyclic) bond motifs is 2. The first kappa shape index (κ1) is 18.1. The van der Waals surface area contributed by atoms with Gasteiger partial charge in [-0.05, 0) is 41.5 Å². The fourth-order valence-electron chi connectivity index (χ4n) is 4.17. The third-order valence-electron chi connectivity index (χ3n) is 5.66. The highest BCUT2D eigenvalue weighted by Gasteiger charge is 2.37. The summed E-state index contributed by atoms with van der Waals surface area (Å²) in [6, 6.07) is 13.0. The molecule has 2 N–H and O–H groups in total. The van der Waals surface area contributed by atoms with E-state index in [2.05, 4.69) is 10.3 Å². The number of aromatic amines is 1. The SMILES string of the molecule is Cn1c(=O)c2c(C3C(=O)Nc4ccccc43)c(-c3ccc(F)cc3)[nH]c2n(C)c1=O. The summed E-state index contributed by atoms with van der Waals surface area (Å²) < 4.78 is 15.9. The zero-order chi connectivity index (χ0) is 21.2. The Morgan fingerprint density at radius 3 is 2.37 bits per heavy atom. The largest absolute Gasteiger partial charge is 0.340 e. The Balaban J connectivity index is 1.94. The number of aryl methyl sites for hydroxylation is 1. The van der Waals surface area contributed by atoms with Crippen LogP contribution in [0.25, 0.3) is 22.3 Å². The second-order valence-corrected chi connectivity index (χ2v) is 7.36. The molecule has 1 atom stereocenters. The number of anilines is 1. The quantitative estimate of drug-likeness (QED) is 0.538. The van der Waals surface area contributed by atoms with Crippen molar-refractivity contribution in [1.29, 1.82) is 0 Å². The molecule has 5 rings (SSSR count). The van der Waals surface area contributed by atoms with Crippen molar-refractivity contribution in [2.45, 2.75) is 5.92 Å². The molecule has 0 radical (unpaired) electrons. The van der Waals surface area contributed by atoms with E-state index in [1.165, 1.54) is 23.7 Å². The van der Waals surface area contributed by atoms with Crippen molar-refractivity contribution in [2.75, 3.05) is 5.32 Å². The molecule has 0 saturated heterocycles. The van der Waals surface area contributed by atoms with Crippen molar-refractivity contribution < 1.29 is 9.18 Å². The minimum Gasteiger partial charge on any atom is -0.340 e. The van der Waals surface area contributed by atoms with Gasteiger partial charge in [-0.15, -0.1) is 0 Å². The molecule has 1 aliphatic rings. The third-order valence-corrected chi connectivity index (χ3v) is 5.66. The molecule has 30 heavy (non-hydrogen) atoms. The van der Waals surface area contributed by atoms with Gasteiger partial charge >= 0.3 is 5.69 Å². The molecular weight excluding hydrogens is 387 g/mol. The number of carbonyl (C=O) groups excluding carboxylic acids is 1.